The van der Waals surface area contributed by atoms with E-state index in [0.29, 0.717) is 6.04 Å². The molecule has 0 heterocycles. The lowest BCUT2D eigenvalue weighted by atomic mass is 10.0. The molecule has 0 aliphatic rings. The largest absolute Gasteiger partial charge is 0.309 e. The normalized spacial score (nSPS) is 12.6. The van der Waals surface area contributed by atoms with Gasteiger partial charge in [0.15, 0.2) is 0 Å². The molecule has 0 aliphatic heterocycles. The zero-order valence-electron chi connectivity index (χ0n) is 12.7. The molecule has 0 aliphatic carbocycles. The highest BCUT2D eigenvalue weighted by Crippen LogP contribution is 2.20. The van der Waals surface area contributed by atoms with Crippen LogP contribution in [0.3, 0.4) is 0 Å². The van der Waals surface area contributed by atoms with E-state index in [2.05, 4.69) is 62.1 Å². The fraction of sp³-hybridized carbons (Fsp3) is 0.647. The maximum Gasteiger partial charge on any atom is 0.0411 e. The maximum absolute atomic E-state index is 3.68. The van der Waals surface area contributed by atoms with Crippen LogP contribution < -0.4 is 5.32 Å². The third kappa shape index (κ3) is 6.49. The molecule has 1 nitrogen and oxygen atoms in total. The highest BCUT2D eigenvalue weighted by atomic mass is 32.2. The number of hydrogen-bond donors (Lipinski definition) is 1. The van der Waals surface area contributed by atoms with Gasteiger partial charge < -0.3 is 5.32 Å². The molecule has 1 atom stereocenters. The summed E-state index contributed by atoms with van der Waals surface area (Å²) < 4.78 is 0. The second-order valence-electron chi connectivity index (χ2n) is 5.03. The van der Waals surface area contributed by atoms with Crippen LogP contribution in [0.4, 0.5) is 0 Å². The molecule has 1 N–H and O–H groups in total. The van der Waals surface area contributed by atoms with Crippen molar-refractivity contribution in [1.29, 1.82) is 0 Å². The lowest BCUT2D eigenvalue weighted by Gasteiger charge is -2.19. The van der Waals surface area contributed by atoms with E-state index in [1.807, 2.05) is 0 Å². The van der Waals surface area contributed by atoms with Crippen molar-refractivity contribution in [2.24, 2.45) is 0 Å². The first-order chi connectivity index (χ1) is 9.31. The molecule has 1 aromatic carbocycles. The zero-order chi connectivity index (χ0) is 13.9. The van der Waals surface area contributed by atoms with Crippen molar-refractivity contribution in [1.82, 2.24) is 5.32 Å². The summed E-state index contributed by atoms with van der Waals surface area (Å²) in [7, 11) is 0. The van der Waals surface area contributed by atoms with Crippen LogP contribution in [0.25, 0.3) is 0 Å². The van der Waals surface area contributed by atoms with Crippen molar-refractivity contribution in [3.8, 4) is 0 Å². The Balaban J connectivity index is 2.55. The molecule has 1 unspecified atom stereocenters. The maximum atomic E-state index is 3.68. The predicted molar refractivity (Wildman–Crippen MR) is 89.1 cm³/mol. The number of benzene rings is 1. The van der Waals surface area contributed by atoms with Gasteiger partial charge in [0.2, 0.25) is 0 Å². The van der Waals surface area contributed by atoms with Crippen LogP contribution in [0.15, 0.2) is 24.3 Å². The minimum atomic E-state index is 0.507. The minimum Gasteiger partial charge on any atom is -0.309 e. The monoisotopic (exact) mass is 279 g/mol. The molecular formula is C17H29NS. The van der Waals surface area contributed by atoms with Crippen molar-refractivity contribution in [2.45, 2.75) is 52.5 Å². The Labute approximate surface area is 123 Å². The fourth-order valence-corrected chi connectivity index (χ4v) is 3.23. The standard InChI is InChI=1S/C17H29NS/c1-4-7-13-19-14-17(18-12-5-2)16-10-8-15(6-3)9-11-16/h8-11,17-18H,4-7,12-14H2,1-3H3. The van der Waals surface area contributed by atoms with Crippen LogP contribution >= 0.6 is 11.8 Å². The number of unbranched alkanes of at least 4 members (excludes halogenated alkanes) is 1. The molecule has 1 aromatic rings. The summed E-state index contributed by atoms with van der Waals surface area (Å²) >= 11 is 2.08. The van der Waals surface area contributed by atoms with Gasteiger partial charge in [-0.2, -0.15) is 11.8 Å². The molecule has 108 valence electrons. The highest BCUT2D eigenvalue weighted by molar-refractivity contribution is 7.99. The van der Waals surface area contributed by atoms with E-state index in [9.17, 15) is 0 Å². The molecule has 0 bridgehead atoms. The van der Waals surface area contributed by atoms with Gasteiger partial charge in [-0.25, -0.2) is 0 Å². The molecule has 19 heavy (non-hydrogen) atoms. The van der Waals surface area contributed by atoms with E-state index in [0.717, 1.165) is 13.0 Å². The molecular weight excluding hydrogens is 250 g/mol. The average molecular weight is 279 g/mol. The average Bonchev–Trinajstić information content (AvgIpc) is 2.47. The van der Waals surface area contributed by atoms with Gasteiger partial charge in [-0.1, -0.05) is 51.5 Å². The lowest BCUT2D eigenvalue weighted by Crippen LogP contribution is -2.24. The SMILES string of the molecule is CCCCSCC(NCCC)c1ccc(CC)cc1. The Kier molecular flexibility index (Phi) is 9.02. The van der Waals surface area contributed by atoms with Gasteiger partial charge in [-0.3, -0.25) is 0 Å². The van der Waals surface area contributed by atoms with Gasteiger partial charge in [-0.05, 0) is 42.7 Å². The van der Waals surface area contributed by atoms with Gasteiger partial charge in [0.25, 0.3) is 0 Å². The third-order valence-electron chi connectivity index (χ3n) is 3.36. The molecule has 0 spiro atoms. The third-order valence-corrected chi connectivity index (χ3v) is 4.50. The van der Waals surface area contributed by atoms with Crippen molar-refractivity contribution >= 4 is 11.8 Å². The topological polar surface area (TPSA) is 12.0 Å². The second-order valence-corrected chi connectivity index (χ2v) is 6.18. The number of nitrogens with one attached hydrogen (secondary N) is 1. The number of hydrogen-bond acceptors (Lipinski definition) is 2. The Bertz CT molecular complexity index is 321. The lowest BCUT2D eigenvalue weighted by molar-refractivity contribution is 0.577. The minimum absolute atomic E-state index is 0.507. The summed E-state index contributed by atoms with van der Waals surface area (Å²) in [6.45, 7) is 7.81. The van der Waals surface area contributed by atoms with Crippen molar-refractivity contribution in [3.05, 3.63) is 35.4 Å². The Morgan fingerprint density at radius 1 is 1.05 bits per heavy atom. The summed E-state index contributed by atoms with van der Waals surface area (Å²) in [5.41, 5.74) is 2.87. The first-order valence-electron chi connectivity index (χ1n) is 7.71. The summed E-state index contributed by atoms with van der Waals surface area (Å²) in [5, 5.41) is 3.68. The van der Waals surface area contributed by atoms with Gasteiger partial charge in [0, 0.05) is 11.8 Å². The summed E-state index contributed by atoms with van der Waals surface area (Å²) in [4.78, 5) is 0. The first kappa shape index (κ1) is 16.6. The first-order valence-corrected chi connectivity index (χ1v) is 8.87. The number of thioether (sulfide) groups is 1. The quantitative estimate of drug-likeness (QED) is 0.616. The van der Waals surface area contributed by atoms with Gasteiger partial charge in [0.05, 0.1) is 0 Å². The van der Waals surface area contributed by atoms with Crippen LogP contribution in [0.2, 0.25) is 0 Å². The van der Waals surface area contributed by atoms with E-state index in [-0.39, 0.29) is 0 Å². The number of rotatable bonds is 10. The summed E-state index contributed by atoms with van der Waals surface area (Å²) in [5.74, 6) is 2.47. The van der Waals surface area contributed by atoms with Crippen LogP contribution in [-0.4, -0.2) is 18.1 Å². The highest BCUT2D eigenvalue weighted by Gasteiger charge is 2.10. The molecule has 0 saturated carbocycles. The smallest absolute Gasteiger partial charge is 0.0411 e. The van der Waals surface area contributed by atoms with E-state index in [1.165, 1.54) is 41.9 Å². The van der Waals surface area contributed by atoms with Crippen LogP contribution in [-0.2, 0) is 6.42 Å². The second kappa shape index (κ2) is 10.3. The zero-order valence-corrected chi connectivity index (χ0v) is 13.6. The van der Waals surface area contributed by atoms with Crippen molar-refractivity contribution in [2.75, 3.05) is 18.1 Å². The van der Waals surface area contributed by atoms with E-state index < -0.39 is 0 Å². The van der Waals surface area contributed by atoms with Crippen LogP contribution in [0, 0.1) is 0 Å². The Morgan fingerprint density at radius 2 is 1.79 bits per heavy atom. The molecule has 0 saturated heterocycles. The molecule has 2 heteroatoms. The van der Waals surface area contributed by atoms with Crippen LogP contribution in [0.1, 0.15) is 57.2 Å². The van der Waals surface area contributed by atoms with Gasteiger partial charge in [0.1, 0.15) is 0 Å². The van der Waals surface area contributed by atoms with E-state index >= 15 is 0 Å². The van der Waals surface area contributed by atoms with Crippen molar-refractivity contribution in [3.63, 3.8) is 0 Å². The van der Waals surface area contributed by atoms with Gasteiger partial charge >= 0.3 is 0 Å². The van der Waals surface area contributed by atoms with E-state index in [4.69, 9.17) is 0 Å². The van der Waals surface area contributed by atoms with Gasteiger partial charge in [-0.15, -0.1) is 0 Å². The molecule has 0 fully saturated rings. The summed E-state index contributed by atoms with van der Waals surface area (Å²) in [6.07, 6.45) is 4.95. The molecule has 0 amide bonds. The Morgan fingerprint density at radius 3 is 2.37 bits per heavy atom. The molecule has 0 radical (unpaired) electrons. The molecule has 0 aromatic heterocycles. The van der Waals surface area contributed by atoms with E-state index in [1.54, 1.807) is 0 Å². The van der Waals surface area contributed by atoms with Crippen LogP contribution in [0.5, 0.6) is 0 Å². The molecule has 1 rings (SSSR count). The number of aryl methyl sites for hydroxylation is 1. The predicted octanol–water partition coefficient (Wildman–Crippen LogP) is 4.82. The fourth-order valence-electron chi connectivity index (χ4n) is 2.02. The Hall–Kier alpha value is -0.470. The summed E-state index contributed by atoms with van der Waals surface area (Å²) in [6, 6.07) is 9.64. The van der Waals surface area contributed by atoms with Crippen molar-refractivity contribution < 1.29 is 0 Å².